The predicted molar refractivity (Wildman–Crippen MR) is 74.2 cm³/mol. The van der Waals surface area contributed by atoms with Crippen molar-refractivity contribution in [2.75, 3.05) is 13.6 Å². The number of halogens is 1. The minimum atomic E-state index is -0.156. The van der Waals surface area contributed by atoms with Crippen LogP contribution < -0.4 is 0 Å². The fourth-order valence-electron chi connectivity index (χ4n) is 1.81. The van der Waals surface area contributed by atoms with Crippen molar-refractivity contribution in [3.8, 4) is 6.07 Å². The lowest BCUT2D eigenvalue weighted by molar-refractivity contribution is 0.0774. The topological polar surface area (TPSA) is 49.0 Å². The first-order valence-corrected chi connectivity index (χ1v) is 6.79. The first kappa shape index (κ1) is 14.8. The lowest BCUT2D eigenvalue weighted by Crippen LogP contribution is -2.32. The van der Waals surface area contributed by atoms with Crippen LogP contribution in [0.5, 0.6) is 0 Å². The van der Waals surface area contributed by atoms with E-state index in [0.29, 0.717) is 12.2 Å². The van der Waals surface area contributed by atoms with Crippen molar-refractivity contribution in [1.29, 1.82) is 5.26 Å². The molecule has 1 amide bonds. The van der Waals surface area contributed by atoms with Gasteiger partial charge in [0.05, 0.1) is 12.0 Å². The summed E-state index contributed by atoms with van der Waals surface area (Å²) in [5.74, 6) is -0.201. The molecule has 1 unspecified atom stereocenters. The molecular weight excluding hydrogens is 294 g/mol. The number of aromatic nitrogens is 1. The maximum Gasteiger partial charge on any atom is 0.270 e. The molecule has 1 aromatic rings. The number of rotatable bonds is 5. The second-order valence-electron chi connectivity index (χ2n) is 4.45. The van der Waals surface area contributed by atoms with Gasteiger partial charge in [0, 0.05) is 30.8 Å². The van der Waals surface area contributed by atoms with Crippen molar-refractivity contribution in [1.82, 2.24) is 9.47 Å². The number of hydrogen-bond acceptors (Lipinski definition) is 2. The summed E-state index contributed by atoms with van der Waals surface area (Å²) in [6, 6.07) is 3.96. The third-order valence-corrected chi connectivity index (χ3v) is 3.10. The van der Waals surface area contributed by atoms with E-state index in [4.69, 9.17) is 5.26 Å². The highest BCUT2D eigenvalue weighted by atomic mass is 79.9. The van der Waals surface area contributed by atoms with Gasteiger partial charge in [-0.05, 0) is 35.3 Å². The summed E-state index contributed by atoms with van der Waals surface area (Å²) in [5.41, 5.74) is 0.663. The third-order valence-electron chi connectivity index (χ3n) is 2.66. The second-order valence-corrected chi connectivity index (χ2v) is 5.37. The minimum absolute atomic E-state index is 0.0451. The first-order chi connectivity index (χ1) is 8.49. The van der Waals surface area contributed by atoms with E-state index in [-0.39, 0.29) is 11.8 Å². The Bertz CT molecular complexity index is 461. The molecule has 0 aliphatic rings. The molecule has 1 rings (SSSR count). The van der Waals surface area contributed by atoms with E-state index in [9.17, 15) is 4.79 Å². The van der Waals surface area contributed by atoms with Gasteiger partial charge in [0.2, 0.25) is 0 Å². The Morgan fingerprint density at radius 2 is 2.33 bits per heavy atom. The van der Waals surface area contributed by atoms with Gasteiger partial charge < -0.3 is 9.47 Å². The summed E-state index contributed by atoms with van der Waals surface area (Å²) in [6.45, 7) is 5.15. The zero-order valence-corrected chi connectivity index (χ0v) is 12.6. The van der Waals surface area contributed by atoms with E-state index >= 15 is 0 Å². The van der Waals surface area contributed by atoms with Crippen LogP contribution in [0.3, 0.4) is 0 Å². The summed E-state index contributed by atoms with van der Waals surface area (Å²) >= 11 is 3.39. The molecule has 1 aromatic heterocycles. The highest BCUT2D eigenvalue weighted by molar-refractivity contribution is 9.10. The Balaban J connectivity index is 2.86. The maximum atomic E-state index is 12.3. The molecular formula is C13H18BrN3O. The SMILES string of the molecule is CCCn1cc(Br)cc1C(=O)N(C)CC(C)C#N. The number of nitriles is 1. The molecule has 0 spiro atoms. The highest BCUT2D eigenvalue weighted by Crippen LogP contribution is 2.17. The van der Waals surface area contributed by atoms with E-state index in [2.05, 4.69) is 28.9 Å². The van der Waals surface area contributed by atoms with Gasteiger partial charge in [-0.15, -0.1) is 0 Å². The molecule has 1 heterocycles. The smallest absolute Gasteiger partial charge is 0.270 e. The molecule has 18 heavy (non-hydrogen) atoms. The summed E-state index contributed by atoms with van der Waals surface area (Å²) < 4.78 is 2.85. The summed E-state index contributed by atoms with van der Waals surface area (Å²) in [7, 11) is 1.73. The summed E-state index contributed by atoms with van der Waals surface area (Å²) in [6.07, 6.45) is 2.89. The molecule has 0 fully saturated rings. The lowest BCUT2D eigenvalue weighted by Gasteiger charge is -2.19. The zero-order chi connectivity index (χ0) is 13.7. The van der Waals surface area contributed by atoms with Gasteiger partial charge in [-0.3, -0.25) is 4.79 Å². The van der Waals surface area contributed by atoms with E-state index in [1.807, 2.05) is 23.8 Å². The fourth-order valence-corrected chi connectivity index (χ4v) is 2.27. The number of hydrogen-bond donors (Lipinski definition) is 0. The van der Waals surface area contributed by atoms with Crippen LogP contribution >= 0.6 is 15.9 Å². The van der Waals surface area contributed by atoms with Gasteiger partial charge in [0.25, 0.3) is 5.91 Å². The van der Waals surface area contributed by atoms with Crippen molar-refractivity contribution >= 4 is 21.8 Å². The van der Waals surface area contributed by atoms with Crippen LogP contribution in [0, 0.1) is 17.2 Å². The van der Waals surface area contributed by atoms with E-state index in [0.717, 1.165) is 17.4 Å². The molecule has 0 bridgehead atoms. The lowest BCUT2D eigenvalue weighted by atomic mass is 10.2. The Hall–Kier alpha value is -1.28. The standard InChI is InChI=1S/C13H18BrN3O/c1-4-5-17-9-11(14)6-12(17)13(18)16(3)8-10(2)7-15/h6,9-10H,4-5,8H2,1-3H3. The van der Waals surface area contributed by atoms with Gasteiger partial charge in [-0.25, -0.2) is 0 Å². The Morgan fingerprint density at radius 3 is 2.89 bits per heavy atom. The first-order valence-electron chi connectivity index (χ1n) is 6.00. The average Bonchev–Trinajstić information content (AvgIpc) is 2.69. The van der Waals surface area contributed by atoms with E-state index < -0.39 is 0 Å². The van der Waals surface area contributed by atoms with Crippen molar-refractivity contribution in [3.05, 3.63) is 22.4 Å². The van der Waals surface area contributed by atoms with Crippen LogP contribution in [-0.4, -0.2) is 29.0 Å². The van der Waals surface area contributed by atoms with Gasteiger partial charge in [-0.2, -0.15) is 5.26 Å². The number of nitrogens with zero attached hydrogens (tertiary/aromatic N) is 3. The van der Waals surface area contributed by atoms with Gasteiger partial charge in [0.15, 0.2) is 0 Å². The van der Waals surface area contributed by atoms with Gasteiger partial charge >= 0.3 is 0 Å². The Labute approximate surface area is 116 Å². The molecule has 98 valence electrons. The molecule has 0 N–H and O–H groups in total. The predicted octanol–water partition coefficient (Wildman–Crippen LogP) is 2.89. The number of carbonyl (C=O) groups excluding carboxylic acids is 1. The second kappa shape index (κ2) is 6.60. The number of amides is 1. The molecule has 0 saturated heterocycles. The zero-order valence-electron chi connectivity index (χ0n) is 11.0. The van der Waals surface area contributed by atoms with Crippen LogP contribution in [0.2, 0.25) is 0 Å². The van der Waals surface area contributed by atoms with Crippen LogP contribution in [-0.2, 0) is 6.54 Å². The molecule has 1 atom stereocenters. The molecule has 4 nitrogen and oxygen atoms in total. The van der Waals surface area contributed by atoms with Crippen molar-refractivity contribution in [2.45, 2.75) is 26.8 Å². The van der Waals surface area contributed by atoms with Gasteiger partial charge in [0.1, 0.15) is 5.69 Å². The normalized spacial score (nSPS) is 11.9. The van der Waals surface area contributed by atoms with Crippen molar-refractivity contribution in [3.63, 3.8) is 0 Å². The average molecular weight is 312 g/mol. The van der Waals surface area contributed by atoms with Gasteiger partial charge in [-0.1, -0.05) is 6.92 Å². The van der Waals surface area contributed by atoms with Crippen LogP contribution in [0.1, 0.15) is 30.8 Å². The fraction of sp³-hybridized carbons (Fsp3) is 0.538. The van der Waals surface area contributed by atoms with Crippen LogP contribution in [0.4, 0.5) is 0 Å². The summed E-state index contributed by atoms with van der Waals surface area (Å²) in [4.78, 5) is 13.9. The molecule has 5 heteroatoms. The minimum Gasteiger partial charge on any atom is -0.342 e. The largest absolute Gasteiger partial charge is 0.342 e. The monoisotopic (exact) mass is 311 g/mol. The van der Waals surface area contributed by atoms with Crippen LogP contribution in [0.25, 0.3) is 0 Å². The quantitative estimate of drug-likeness (QED) is 0.839. The molecule has 0 aliphatic heterocycles. The maximum absolute atomic E-state index is 12.3. The summed E-state index contributed by atoms with van der Waals surface area (Å²) in [5, 5.41) is 8.78. The van der Waals surface area contributed by atoms with Crippen molar-refractivity contribution in [2.24, 2.45) is 5.92 Å². The van der Waals surface area contributed by atoms with Crippen molar-refractivity contribution < 1.29 is 4.79 Å². The third kappa shape index (κ3) is 3.61. The molecule has 0 aromatic carbocycles. The number of aryl methyl sites for hydroxylation is 1. The Kier molecular flexibility index (Phi) is 5.42. The van der Waals surface area contributed by atoms with Crippen LogP contribution in [0.15, 0.2) is 16.7 Å². The van der Waals surface area contributed by atoms with E-state index in [1.165, 1.54) is 0 Å². The molecule has 0 radical (unpaired) electrons. The van der Waals surface area contributed by atoms with E-state index in [1.54, 1.807) is 11.9 Å². The Morgan fingerprint density at radius 1 is 1.67 bits per heavy atom. The number of carbonyl (C=O) groups is 1. The highest BCUT2D eigenvalue weighted by Gasteiger charge is 2.18. The molecule has 0 aliphatic carbocycles. The molecule has 0 saturated carbocycles.